The highest BCUT2D eigenvalue weighted by Gasteiger charge is 2.34. The summed E-state index contributed by atoms with van der Waals surface area (Å²) in [6, 6.07) is 8.61. The zero-order chi connectivity index (χ0) is 22.5. The minimum absolute atomic E-state index is 0.165. The highest BCUT2D eigenvalue weighted by atomic mass is 16.2. The Labute approximate surface area is 193 Å². The normalized spacial score (nSPS) is 22.3. The summed E-state index contributed by atoms with van der Waals surface area (Å²) in [4.78, 5) is 34.9. The Morgan fingerprint density at radius 2 is 1.41 bits per heavy atom. The number of carbonyl (C=O) groups excluding carboxylic acids is 2. The van der Waals surface area contributed by atoms with Crippen LogP contribution in [0.1, 0.15) is 55.5 Å². The topological polar surface area (TPSA) is 47.1 Å². The van der Waals surface area contributed by atoms with Crippen molar-refractivity contribution >= 4 is 11.8 Å². The van der Waals surface area contributed by atoms with Crippen LogP contribution in [-0.4, -0.2) is 96.4 Å². The van der Waals surface area contributed by atoms with Crippen molar-refractivity contribution < 1.29 is 9.59 Å². The molecular weight excluding hydrogens is 400 g/mol. The Bertz CT molecular complexity index is 757. The number of nitrogens with zero attached hydrogens (tertiary/aromatic N) is 4. The molecule has 0 aromatic heterocycles. The fraction of sp³-hybridized carbons (Fsp3) is 0.692. The fourth-order valence-electron chi connectivity index (χ4n) is 5.55. The standard InChI is InChI=1S/C26H40N4O2/c1-3-21-5-7-22(8-6-21)25(31)29-15-11-24(12-16-29)28-13-9-23(10-14-28)26(32)30-19-17-27(4-2)18-20-30/h5-8,23-24H,3-4,9-20H2,1-2H3. The number of aryl methyl sites for hydroxylation is 1. The van der Waals surface area contributed by atoms with E-state index in [1.807, 2.05) is 17.0 Å². The molecule has 6 nitrogen and oxygen atoms in total. The Morgan fingerprint density at radius 3 is 1.97 bits per heavy atom. The van der Waals surface area contributed by atoms with Gasteiger partial charge in [0.15, 0.2) is 0 Å². The van der Waals surface area contributed by atoms with Crippen LogP contribution in [0.15, 0.2) is 24.3 Å². The maximum absolute atomic E-state index is 13.0. The van der Waals surface area contributed by atoms with Crippen molar-refractivity contribution in [2.24, 2.45) is 5.92 Å². The first kappa shape index (κ1) is 23.2. The van der Waals surface area contributed by atoms with Crippen molar-refractivity contribution in [3.8, 4) is 0 Å². The molecule has 3 aliphatic rings. The van der Waals surface area contributed by atoms with Gasteiger partial charge < -0.3 is 19.6 Å². The van der Waals surface area contributed by atoms with Gasteiger partial charge in [-0.05, 0) is 69.4 Å². The zero-order valence-corrected chi connectivity index (χ0v) is 20.0. The summed E-state index contributed by atoms with van der Waals surface area (Å²) in [7, 11) is 0. The van der Waals surface area contributed by atoms with Crippen LogP contribution in [0.4, 0.5) is 0 Å². The van der Waals surface area contributed by atoms with E-state index in [1.54, 1.807) is 0 Å². The van der Waals surface area contributed by atoms with Gasteiger partial charge in [0.25, 0.3) is 5.91 Å². The molecule has 0 radical (unpaired) electrons. The van der Waals surface area contributed by atoms with Crippen molar-refractivity contribution in [3.63, 3.8) is 0 Å². The van der Waals surface area contributed by atoms with E-state index in [-0.39, 0.29) is 11.8 Å². The number of carbonyl (C=O) groups is 2. The first-order valence-electron chi connectivity index (χ1n) is 12.7. The van der Waals surface area contributed by atoms with Gasteiger partial charge in [0.05, 0.1) is 0 Å². The van der Waals surface area contributed by atoms with Gasteiger partial charge in [-0.2, -0.15) is 0 Å². The van der Waals surface area contributed by atoms with Gasteiger partial charge in [-0.15, -0.1) is 0 Å². The molecule has 2 amide bonds. The van der Waals surface area contributed by atoms with Crippen LogP contribution in [0, 0.1) is 5.92 Å². The van der Waals surface area contributed by atoms with Gasteiger partial charge in [-0.3, -0.25) is 9.59 Å². The predicted molar refractivity (Wildman–Crippen MR) is 128 cm³/mol. The predicted octanol–water partition coefficient (Wildman–Crippen LogP) is 2.73. The summed E-state index contributed by atoms with van der Waals surface area (Å²) in [6.45, 7) is 12.9. The van der Waals surface area contributed by atoms with Crippen LogP contribution < -0.4 is 0 Å². The van der Waals surface area contributed by atoms with E-state index in [2.05, 4.69) is 40.7 Å². The second kappa shape index (κ2) is 10.8. The lowest BCUT2D eigenvalue weighted by molar-refractivity contribution is -0.139. The third-order valence-corrected chi connectivity index (χ3v) is 7.89. The summed E-state index contributed by atoms with van der Waals surface area (Å²) >= 11 is 0. The smallest absolute Gasteiger partial charge is 0.253 e. The van der Waals surface area contributed by atoms with Crippen molar-refractivity contribution in [2.45, 2.75) is 52.0 Å². The second-order valence-corrected chi connectivity index (χ2v) is 9.64. The monoisotopic (exact) mass is 440 g/mol. The minimum atomic E-state index is 0.165. The molecule has 176 valence electrons. The van der Waals surface area contributed by atoms with E-state index >= 15 is 0 Å². The Hall–Kier alpha value is -1.92. The summed E-state index contributed by atoms with van der Waals surface area (Å²) in [6.07, 6.45) is 5.04. The van der Waals surface area contributed by atoms with Crippen molar-refractivity contribution in [1.82, 2.24) is 19.6 Å². The molecule has 6 heteroatoms. The summed E-state index contributed by atoms with van der Waals surface area (Å²) < 4.78 is 0. The summed E-state index contributed by atoms with van der Waals surface area (Å²) in [5.74, 6) is 0.751. The minimum Gasteiger partial charge on any atom is -0.340 e. The van der Waals surface area contributed by atoms with Crippen LogP contribution in [0.25, 0.3) is 0 Å². The van der Waals surface area contributed by atoms with Crippen LogP contribution in [0.5, 0.6) is 0 Å². The number of hydrogen-bond acceptors (Lipinski definition) is 4. The molecule has 0 atom stereocenters. The molecule has 32 heavy (non-hydrogen) atoms. The third kappa shape index (κ3) is 5.34. The van der Waals surface area contributed by atoms with E-state index in [0.717, 1.165) is 96.6 Å². The first-order chi connectivity index (χ1) is 15.6. The van der Waals surface area contributed by atoms with Gasteiger partial charge in [0.2, 0.25) is 5.91 Å². The van der Waals surface area contributed by atoms with E-state index < -0.39 is 0 Å². The molecular formula is C26H40N4O2. The lowest BCUT2D eigenvalue weighted by atomic mass is 9.92. The lowest BCUT2D eigenvalue weighted by Gasteiger charge is -2.42. The van der Waals surface area contributed by atoms with Crippen LogP contribution >= 0.6 is 0 Å². The van der Waals surface area contributed by atoms with Crippen molar-refractivity contribution in [1.29, 1.82) is 0 Å². The molecule has 3 heterocycles. The summed E-state index contributed by atoms with van der Waals surface area (Å²) in [5, 5.41) is 0. The number of likely N-dealkylation sites (tertiary alicyclic amines) is 2. The Balaban J connectivity index is 1.21. The fourth-order valence-corrected chi connectivity index (χ4v) is 5.55. The number of piperazine rings is 1. The quantitative estimate of drug-likeness (QED) is 0.706. The van der Waals surface area contributed by atoms with Crippen molar-refractivity contribution in [2.75, 3.05) is 58.9 Å². The maximum Gasteiger partial charge on any atom is 0.253 e. The molecule has 3 fully saturated rings. The van der Waals surface area contributed by atoms with Crippen LogP contribution in [-0.2, 0) is 11.2 Å². The molecule has 1 aromatic carbocycles. The average Bonchev–Trinajstić information content (AvgIpc) is 2.88. The number of amides is 2. The largest absolute Gasteiger partial charge is 0.340 e. The van der Waals surface area contributed by atoms with Gasteiger partial charge >= 0.3 is 0 Å². The molecule has 0 unspecified atom stereocenters. The molecule has 3 aliphatic heterocycles. The Morgan fingerprint density at radius 1 is 0.781 bits per heavy atom. The van der Waals surface area contributed by atoms with Gasteiger partial charge in [-0.1, -0.05) is 26.0 Å². The highest BCUT2D eigenvalue weighted by molar-refractivity contribution is 5.94. The van der Waals surface area contributed by atoms with E-state index in [0.29, 0.717) is 11.9 Å². The van der Waals surface area contributed by atoms with E-state index in [9.17, 15) is 9.59 Å². The van der Waals surface area contributed by atoms with Gasteiger partial charge in [0.1, 0.15) is 0 Å². The summed E-state index contributed by atoms with van der Waals surface area (Å²) in [5.41, 5.74) is 2.07. The highest BCUT2D eigenvalue weighted by Crippen LogP contribution is 2.26. The number of benzene rings is 1. The SMILES string of the molecule is CCc1ccc(C(=O)N2CCC(N3CCC(C(=O)N4CCN(CC)CC4)CC3)CC2)cc1. The van der Waals surface area contributed by atoms with Crippen LogP contribution in [0.2, 0.25) is 0 Å². The molecule has 1 aromatic rings. The number of hydrogen-bond donors (Lipinski definition) is 0. The van der Waals surface area contributed by atoms with E-state index in [1.165, 1.54) is 5.56 Å². The molecule has 3 saturated heterocycles. The zero-order valence-electron chi connectivity index (χ0n) is 20.0. The van der Waals surface area contributed by atoms with Crippen molar-refractivity contribution in [3.05, 3.63) is 35.4 Å². The molecule has 0 bridgehead atoms. The number of likely N-dealkylation sites (N-methyl/N-ethyl adjacent to an activating group) is 1. The first-order valence-corrected chi connectivity index (χ1v) is 12.7. The molecule has 0 aliphatic carbocycles. The van der Waals surface area contributed by atoms with E-state index in [4.69, 9.17) is 0 Å². The number of piperidine rings is 2. The lowest BCUT2D eigenvalue weighted by Crippen LogP contribution is -2.53. The Kier molecular flexibility index (Phi) is 7.84. The third-order valence-electron chi connectivity index (χ3n) is 7.89. The molecule has 4 rings (SSSR count). The molecule has 0 saturated carbocycles. The van der Waals surface area contributed by atoms with Gasteiger partial charge in [-0.25, -0.2) is 0 Å². The van der Waals surface area contributed by atoms with Gasteiger partial charge in [0, 0.05) is 56.8 Å². The number of rotatable bonds is 5. The average molecular weight is 441 g/mol. The maximum atomic E-state index is 13.0. The second-order valence-electron chi connectivity index (χ2n) is 9.64. The molecule has 0 spiro atoms. The van der Waals surface area contributed by atoms with Crippen LogP contribution in [0.3, 0.4) is 0 Å². The molecule has 0 N–H and O–H groups in total.